The molecule has 0 bridgehead atoms. The van der Waals surface area contributed by atoms with E-state index in [0.29, 0.717) is 24.6 Å². The van der Waals surface area contributed by atoms with Gasteiger partial charge in [-0.2, -0.15) is 0 Å². The Bertz CT molecular complexity index is 1490. The van der Waals surface area contributed by atoms with E-state index < -0.39 is 5.97 Å². The van der Waals surface area contributed by atoms with Gasteiger partial charge in [0.15, 0.2) is 11.3 Å². The molecule has 184 valence electrons. The van der Waals surface area contributed by atoms with Crippen LogP contribution in [0.3, 0.4) is 0 Å². The van der Waals surface area contributed by atoms with E-state index in [0.717, 1.165) is 30.8 Å². The SMILES string of the molecule is Cc1cc(N2CC[C@](C)(c3ccccc3)C2)cn2nc(C(=O)N3CCn4cc(C(=O)O)nc4C3)nc12. The molecule has 0 unspecified atom stereocenters. The maximum Gasteiger partial charge on any atom is 0.356 e. The van der Waals surface area contributed by atoms with Crippen LogP contribution in [0.15, 0.2) is 48.8 Å². The number of carbonyl (C=O) groups excluding carboxylic acids is 1. The fraction of sp³-hybridized carbons (Fsp3) is 0.346. The van der Waals surface area contributed by atoms with E-state index in [9.17, 15) is 14.7 Å². The van der Waals surface area contributed by atoms with Crippen molar-refractivity contribution in [2.75, 3.05) is 24.5 Å². The van der Waals surface area contributed by atoms with Crippen molar-refractivity contribution in [2.24, 2.45) is 0 Å². The predicted molar refractivity (Wildman–Crippen MR) is 132 cm³/mol. The smallest absolute Gasteiger partial charge is 0.356 e. The zero-order valence-corrected chi connectivity index (χ0v) is 20.3. The largest absolute Gasteiger partial charge is 0.476 e. The highest BCUT2D eigenvalue weighted by Crippen LogP contribution is 2.36. The first kappa shape index (κ1) is 22.3. The Morgan fingerprint density at radius 3 is 2.64 bits per heavy atom. The number of anilines is 1. The number of benzene rings is 1. The standard InChI is InChI=1S/C26H27N7O3/c1-17-12-19(32-9-8-26(2,16-32)18-6-4-3-5-7-18)13-33-23(17)28-22(29-33)24(34)31-11-10-30-14-20(25(35)36)27-21(30)15-31/h3-7,12-14H,8-11,15-16H2,1-2H3,(H,35,36)/t26-/m0/s1. The molecule has 10 nitrogen and oxygen atoms in total. The van der Waals surface area contributed by atoms with Crippen LogP contribution in [-0.2, 0) is 18.5 Å². The molecule has 0 radical (unpaired) electrons. The predicted octanol–water partition coefficient (Wildman–Crippen LogP) is 2.76. The summed E-state index contributed by atoms with van der Waals surface area (Å²) in [5.41, 5.74) is 4.07. The lowest BCUT2D eigenvalue weighted by Gasteiger charge is -2.26. The van der Waals surface area contributed by atoms with Gasteiger partial charge in [-0.3, -0.25) is 4.79 Å². The summed E-state index contributed by atoms with van der Waals surface area (Å²) in [5.74, 6) is -0.692. The number of carbonyl (C=O) groups is 2. The third-order valence-electron chi connectivity index (χ3n) is 7.41. The van der Waals surface area contributed by atoms with Crippen molar-refractivity contribution in [1.29, 1.82) is 0 Å². The molecule has 2 aliphatic heterocycles. The second kappa shape index (κ2) is 8.18. The number of hydrogen-bond donors (Lipinski definition) is 1. The summed E-state index contributed by atoms with van der Waals surface area (Å²) in [6.45, 7) is 7.27. The molecule has 2 aliphatic rings. The molecule has 1 fully saturated rings. The van der Waals surface area contributed by atoms with Crippen LogP contribution in [0.1, 0.15) is 51.4 Å². The monoisotopic (exact) mass is 485 g/mol. The van der Waals surface area contributed by atoms with Crippen LogP contribution in [0.2, 0.25) is 0 Å². The van der Waals surface area contributed by atoms with Crippen molar-refractivity contribution in [3.8, 4) is 0 Å². The maximum absolute atomic E-state index is 13.2. The summed E-state index contributed by atoms with van der Waals surface area (Å²) in [4.78, 5) is 37.1. The number of pyridine rings is 1. The van der Waals surface area contributed by atoms with Crippen LogP contribution >= 0.6 is 0 Å². The molecule has 6 rings (SSSR count). The first-order valence-electron chi connectivity index (χ1n) is 12.1. The van der Waals surface area contributed by atoms with Crippen LogP contribution in [0.5, 0.6) is 0 Å². The van der Waals surface area contributed by atoms with E-state index in [-0.39, 0.29) is 29.4 Å². The zero-order valence-electron chi connectivity index (χ0n) is 20.3. The van der Waals surface area contributed by atoms with Crippen molar-refractivity contribution < 1.29 is 14.7 Å². The average molecular weight is 486 g/mol. The van der Waals surface area contributed by atoms with Gasteiger partial charge in [0.05, 0.1) is 18.4 Å². The number of carboxylic acids is 1. The third-order valence-corrected chi connectivity index (χ3v) is 7.41. The molecular formula is C26H27N7O3. The molecule has 10 heteroatoms. The van der Waals surface area contributed by atoms with Gasteiger partial charge in [-0.25, -0.2) is 19.3 Å². The number of carboxylic acid groups (broad SMARTS) is 1. The van der Waals surface area contributed by atoms with Gasteiger partial charge in [0, 0.05) is 37.8 Å². The number of nitrogens with zero attached hydrogens (tertiary/aromatic N) is 7. The Hall–Kier alpha value is -4.21. The highest BCUT2D eigenvalue weighted by Gasteiger charge is 2.36. The number of rotatable bonds is 4. The van der Waals surface area contributed by atoms with Gasteiger partial charge in [-0.05, 0) is 30.5 Å². The lowest BCUT2D eigenvalue weighted by molar-refractivity contribution is 0.0687. The molecule has 1 saturated heterocycles. The van der Waals surface area contributed by atoms with E-state index in [1.165, 1.54) is 11.8 Å². The Morgan fingerprint density at radius 2 is 1.86 bits per heavy atom. The van der Waals surface area contributed by atoms with Gasteiger partial charge in [0.25, 0.3) is 5.91 Å². The quantitative estimate of drug-likeness (QED) is 0.473. The van der Waals surface area contributed by atoms with Crippen molar-refractivity contribution in [3.63, 3.8) is 0 Å². The number of amides is 1. The van der Waals surface area contributed by atoms with Gasteiger partial charge in [0.1, 0.15) is 5.82 Å². The van der Waals surface area contributed by atoms with Crippen LogP contribution in [0.4, 0.5) is 5.69 Å². The Balaban J connectivity index is 1.24. The Morgan fingerprint density at radius 1 is 1.06 bits per heavy atom. The molecule has 4 aromatic rings. The fourth-order valence-electron chi connectivity index (χ4n) is 5.32. The number of aromatic carboxylic acids is 1. The number of hydrogen-bond acceptors (Lipinski definition) is 6. The first-order valence-corrected chi connectivity index (χ1v) is 12.1. The summed E-state index contributed by atoms with van der Waals surface area (Å²) < 4.78 is 3.48. The van der Waals surface area contributed by atoms with Gasteiger partial charge in [0.2, 0.25) is 5.82 Å². The minimum atomic E-state index is -1.08. The maximum atomic E-state index is 13.2. The van der Waals surface area contributed by atoms with Crippen LogP contribution in [-0.4, -0.2) is 65.7 Å². The average Bonchev–Trinajstić information content (AvgIpc) is 3.60. The van der Waals surface area contributed by atoms with Crippen molar-refractivity contribution >= 4 is 23.2 Å². The highest BCUT2D eigenvalue weighted by molar-refractivity contribution is 5.91. The van der Waals surface area contributed by atoms with E-state index in [4.69, 9.17) is 0 Å². The Labute approximate surface area is 207 Å². The summed E-state index contributed by atoms with van der Waals surface area (Å²) in [5, 5.41) is 13.7. The lowest BCUT2D eigenvalue weighted by Crippen LogP contribution is -2.38. The lowest BCUT2D eigenvalue weighted by atomic mass is 9.82. The summed E-state index contributed by atoms with van der Waals surface area (Å²) >= 11 is 0. The van der Waals surface area contributed by atoms with E-state index in [1.54, 1.807) is 14.0 Å². The highest BCUT2D eigenvalue weighted by atomic mass is 16.4. The van der Waals surface area contributed by atoms with Crippen molar-refractivity contribution in [2.45, 2.75) is 38.8 Å². The molecule has 0 saturated carbocycles. The van der Waals surface area contributed by atoms with Crippen LogP contribution in [0.25, 0.3) is 5.65 Å². The second-order valence-electron chi connectivity index (χ2n) is 9.95. The summed E-state index contributed by atoms with van der Waals surface area (Å²) in [6.07, 6.45) is 4.52. The number of fused-ring (bicyclic) bond motifs is 2. The minimum Gasteiger partial charge on any atom is -0.476 e. The summed E-state index contributed by atoms with van der Waals surface area (Å²) in [7, 11) is 0. The molecule has 1 amide bonds. The number of imidazole rings is 1. The molecule has 1 aromatic carbocycles. The van der Waals surface area contributed by atoms with E-state index in [1.807, 2.05) is 19.2 Å². The minimum absolute atomic E-state index is 0.0152. The Kier molecular flexibility index (Phi) is 5.06. The molecule has 36 heavy (non-hydrogen) atoms. The zero-order chi connectivity index (χ0) is 25.0. The number of aromatic nitrogens is 5. The van der Waals surface area contributed by atoms with Gasteiger partial charge >= 0.3 is 5.97 Å². The van der Waals surface area contributed by atoms with Crippen LogP contribution < -0.4 is 4.90 Å². The summed E-state index contributed by atoms with van der Waals surface area (Å²) in [6, 6.07) is 12.7. The van der Waals surface area contributed by atoms with Crippen LogP contribution in [0, 0.1) is 6.92 Å². The fourth-order valence-corrected chi connectivity index (χ4v) is 5.32. The molecule has 5 heterocycles. The third kappa shape index (κ3) is 3.69. The van der Waals surface area contributed by atoms with Gasteiger partial charge in [-0.15, -0.1) is 5.10 Å². The molecule has 3 aromatic heterocycles. The molecule has 0 aliphatic carbocycles. The van der Waals surface area contributed by atoms with E-state index >= 15 is 0 Å². The first-order chi connectivity index (χ1) is 17.3. The molecular weight excluding hydrogens is 458 g/mol. The van der Waals surface area contributed by atoms with Crippen molar-refractivity contribution in [3.05, 3.63) is 77.3 Å². The normalized spacial score (nSPS) is 19.6. The molecule has 1 N–H and O–H groups in total. The van der Waals surface area contributed by atoms with Gasteiger partial charge < -0.3 is 19.5 Å². The van der Waals surface area contributed by atoms with Crippen molar-refractivity contribution in [1.82, 2.24) is 29.0 Å². The van der Waals surface area contributed by atoms with Gasteiger partial charge in [-0.1, -0.05) is 37.3 Å². The van der Waals surface area contributed by atoms with E-state index in [2.05, 4.69) is 57.2 Å². The molecule has 1 atom stereocenters. The second-order valence-corrected chi connectivity index (χ2v) is 9.95. The number of aryl methyl sites for hydroxylation is 1. The topological polar surface area (TPSA) is 109 Å². The molecule has 0 spiro atoms.